The number of likely N-dealkylation sites (tertiary alicyclic amines) is 1. The summed E-state index contributed by atoms with van der Waals surface area (Å²) in [5.74, 6) is 0. The van der Waals surface area contributed by atoms with Gasteiger partial charge in [0.1, 0.15) is 0 Å². The van der Waals surface area contributed by atoms with Crippen LogP contribution in [0.3, 0.4) is 0 Å². The highest BCUT2D eigenvalue weighted by molar-refractivity contribution is 5.09. The maximum Gasteiger partial charge on any atom is 0.0300 e. The van der Waals surface area contributed by atoms with E-state index in [9.17, 15) is 0 Å². The first kappa shape index (κ1) is 11.2. The second-order valence-electron chi connectivity index (χ2n) is 5.46. The van der Waals surface area contributed by atoms with E-state index in [0.717, 1.165) is 18.5 Å². The molecule has 3 nitrogen and oxygen atoms in total. The summed E-state index contributed by atoms with van der Waals surface area (Å²) in [6.07, 6.45) is 7.77. The van der Waals surface area contributed by atoms with Crippen molar-refractivity contribution in [2.24, 2.45) is 0 Å². The second-order valence-corrected chi connectivity index (χ2v) is 5.46. The van der Waals surface area contributed by atoms with Gasteiger partial charge in [0, 0.05) is 44.1 Å². The molecule has 2 unspecified atom stereocenters. The van der Waals surface area contributed by atoms with Crippen LogP contribution in [0.1, 0.15) is 18.4 Å². The summed E-state index contributed by atoms with van der Waals surface area (Å²) in [4.78, 5) is 9.41. The normalized spacial score (nSPS) is 29.7. The number of piperazine rings is 1. The molecular formula is C14H21N3. The lowest BCUT2D eigenvalue weighted by atomic mass is 10.1. The fraction of sp³-hybridized carbons (Fsp3) is 0.643. The van der Waals surface area contributed by atoms with Crippen LogP contribution in [0, 0.1) is 0 Å². The summed E-state index contributed by atoms with van der Waals surface area (Å²) < 4.78 is 0. The van der Waals surface area contributed by atoms with Crippen LogP contribution in [0.4, 0.5) is 0 Å². The molecule has 2 fully saturated rings. The van der Waals surface area contributed by atoms with E-state index in [2.05, 4.69) is 27.9 Å². The third-order valence-corrected chi connectivity index (χ3v) is 4.20. The lowest BCUT2D eigenvalue weighted by Gasteiger charge is -2.39. The van der Waals surface area contributed by atoms with E-state index < -0.39 is 0 Å². The maximum atomic E-state index is 4.19. The third kappa shape index (κ3) is 2.35. The Morgan fingerprint density at radius 3 is 2.71 bits per heavy atom. The van der Waals surface area contributed by atoms with Crippen LogP contribution in [0.25, 0.3) is 0 Å². The van der Waals surface area contributed by atoms with Crippen LogP contribution in [0.5, 0.6) is 0 Å². The van der Waals surface area contributed by atoms with Crippen molar-refractivity contribution in [3.8, 4) is 0 Å². The quantitative estimate of drug-likeness (QED) is 0.784. The van der Waals surface area contributed by atoms with Gasteiger partial charge in [-0.15, -0.1) is 0 Å². The Morgan fingerprint density at radius 1 is 1.29 bits per heavy atom. The molecule has 2 aliphatic heterocycles. The van der Waals surface area contributed by atoms with Gasteiger partial charge in [-0.05, 0) is 37.9 Å². The van der Waals surface area contributed by atoms with E-state index >= 15 is 0 Å². The van der Waals surface area contributed by atoms with Crippen molar-refractivity contribution in [3.63, 3.8) is 0 Å². The molecule has 0 aromatic carbocycles. The monoisotopic (exact) mass is 231 g/mol. The Labute approximate surface area is 103 Å². The van der Waals surface area contributed by atoms with E-state index in [1.807, 2.05) is 18.5 Å². The molecule has 3 heteroatoms. The first-order valence-electron chi connectivity index (χ1n) is 6.66. The molecule has 2 aliphatic rings. The molecule has 2 bridgehead atoms. The van der Waals surface area contributed by atoms with E-state index in [-0.39, 0.29) is 0 Å². The molecular weight excluding hydrogens is 210 g/mol. The summed E-state index contributed by atoms with van der Waals surface area (Å²) in [7, 11) is 2.25. The first-order chi connectivity index (χ1) is 8.33. The largest absolute Gasteiger partial charge is 0.303 e. The van der Waals surface area contributed by atoms with E-state index in [4.69, 9.17) is 0 Å². The smallest absolute Gasteiger partial charge is 0.0300 e. The molecule has 2 saturated heterocycles. The van der Waals surface area contributed by atoms with Gasteiger partial charge >= 0.3 is 0 Å². The predicted molar refractivity (Wildman–Crippen MR) is 69.0 cm³/mol. The Hall–Kier alpha value is -0.930. The van der Waals surface area contributed by atoms with Gasteiger partial charge in [0.25, 0.3) is 0 Å². The zero-order chi connectivity index (χ0) is 11.7. The standard InChI is InChI=1S/C14H21N3/c1-16-10-13-4-5-14(11-16)17(13)8-6-12-3-2-7-15-9-12/h2-3,7,9,13-14H,4-6,8,10-11H2,1H3. The maximum absolute atomic E-state index is 4.19. The first-order valence-corrected chi connectivity index (χ1v) is 6.66. The molecule has 0 aliphatic carbocycles. The molecule has 17 heavy (non-hydrogen) atoms. The number of aromatic nitrogens is 1. The number of likely N-dealkylation sites (N-methyl/N-ethyl adjacent to an activating group) is 1. The Morgan fingerprint density at radius 2 is 2.06 bits per heavy atom. The fourth-order valence-corrected chi connectivity index (χ4v) is 3.37. The predicted octanol–water partition coefficient (Wildman–Crippen LogP) is 1.40. The summed E-state index contributed by atoms with van der Waals surface area (Å²) in [5, 5.41) is 0. The minimum Gasteiger partial charge on any atom is -0.303 e. The van der Waals surface area contributed by atoms with Gasteiger partial charge in [-0.1, -0.05) is 6.07 Å². The van der Waals surface area contributed by atoms with E-state index in [0.29, 0.717) is 0 Å². The molecule has 3 rings (SSSR count). The second kappa shape index (κ2) is 4.75. The number of rotatable bonds is 3. The number of nitrogens with zero attached hydrogens (tertiary/aromatic N) is 3. The molecule has 1 aromatic rings. The van der Waals surface area contributed by atoms with Crippen LogP contribution in [0.15, 0.2) is 24.5 Å². The van der Waals surface area contributed by atoms with Crippen molar-refractivity contribution in [1.29, 1.82) is 0 Å². The molecule has 1 aromatic heterocycles. The average Bonchev–Trinajstić information content (AvgIpc) is 2.59. The van der Waals surface area contributed by atoms with Crippen molar-refractivity contribution in [2.75, 3.05) is 26.7 Å². The summed E-state index contributed by atoms with van der Waals surface area (Å²) in [6.45, 7) is 3.71. The van der Waals surface area contributed by atoms with E-state index in [1.54, 1.807) is 0 Å². The Balaban J connectivity index is 1.60. The van der Waals surface area contributed by atoms with Gasteiger partial charge in [-0.3, -0.25) is 9.88 Å². The zero-order valence-electron chi connectivity index (χ0n) is 10.5. The van der Waals surface area contributed by atoms with Gasteiger partial charge in [0.15, 0.2) is 0 Å². The van der Waals surface area contributed by atoms with Crippen LogP contribution >= 0.6 is 0 Å². The van der Waals surface area contributed by atoms with Crippen LogP contribution in [-0.2, 0) is 6.42 Å². The van der Waals surface area contributed by atoms with Gasteiger partial charge in [-0.2, -0.15) is 0 Å². The van der Waals surface area contributed by atoms with Crippen LogP contribution < -0.4 is 0 Å². The highest BCUT2D eigenvalue weighted by atomic mass is 15.3. The van der Waals surface area contributed by atoms with Crippen molar-refractivity contribution in [2.45, 2.75) is 31.3 Å². The zero-order valence-corrected chi connectivity index (χ0v) is 10.5. The number of hydrogen-bond acceptors (Lipinski definition) is 3. The average molecular weight is 231 g/mol. The Bertz CT molecular complexity index is 351. The van der Waals surface area contributed by atoms with Crippen LogP contribution in [-0.4, -0.2) is 53.5 Å². The molecule has 0 spiro atoms. The van der Waals surface area contributed by atoms with Gasteiger partial charge in [0.05, 0.1) is 0 Å². The number of pyridine rings is 1. The summed E-state index contributed by atoms with van der Waals surface area (Å²) in [6, 6.07) is 5.82. The molecule has 0 saturated carbocycles. The molecule has 0 radical (unpaired) electrons. The highest BCUT2D eigenvalue weighted by Gasteiger charge is 2.37. The van der Waals surface area contributed by atoms with Crippen molar-refractivity contribution < 1.29 is 0 Å². The molecule has 92 valence electrons. The molecule has 0 N–H and O–H groups in total. The van der Waals surface area contributed by atoms with Gasteiger partial charge in [-0.25, -0.2) is 0 Å². The third-order valence-electron chi connectivity index (χ3n) is 4.20. The minimum absolute atomic E-state index is 0.801. The SMILES string of the molecule is CN1CC2CCC(C1)N2CCc1cccnc1. The van der Waals surface area contributed by atoms with Gasteiger partial charge < -0.3 is 4.90 Å². The molecule has 3 heterocycles. The molecule has 2 atom stereocenters. The Kier molecular flexibility index (Phi) is 3.12. The van der Waals surface area contributed by atoms with E-state index in [1.165, 1.54) is 38.0 Å². The van der Waals surface area contributed by atoms with Crippen molar-refractivity contribution in [3.05, 3.63) is 30.1 Å². The summed E-state index contributed by atoms with van der Waals surface area (Å²) >= 11 is 0. The topological polar surface area (TPSA) is 19.4 Å². The minimum atomic E-state index is 0.801. The number of fused-ring (bicyclic) bond motifs is 2. The fourth-order valence-electron chi connectivity index (χ4n) is 3.37. The highest BCUT2D eigenvalue weighted by Crippen LogP contribution is 2.29. The van der Waals surface area contributed by atoms with Gasteiger partial charge in [0.2, 0.25) is 0 Å². The van der Waals surface area contributed by atoms with Crippen molar-refractivity contribution >= 4 is 0 Å². The van der Waals surface area contributed by atoms with Crippen LogP contribution in [0.2, 0.25) is 0 Å². The lowest BCUT2D eigenvalue weighted by Crippen LogP contribution is -2.52. The van der Waals surface area contributed by atoms with Crippen molar-refractivity contribution in [1.82, 2.24) is 14.8 Å². The summed E-state index contributed by atoms with van der Waals surface area (Å²) in [5.41, 5.74) is 1.37. The molecule has 0 amide bonds. The number of hydrogen-bond donors (Lipinski definition) is 0. The lowest BCUT2D eigenvalue weighted by molar-refractivity contribution is 0.0836.